The monoisotopic (exact) mass is 312 g/mol. The Labute approximate surface area is 122 Å². The molecule has 0 radical (unpaired) electrons. The summed E-state index contributed by atoms with van der Waals surface area (Å²) in [7, 11) is -4.60. The Bertz CT molecular complexity index is 669. The number of nitrogens with zero attached hydrogens (tertiary/aromatic N) is 2. The highest BCUT2D eigenvalue weighted by Crippen LogP contribution is 2.29. The van der Waals surface area contributed by atoms with Crippen LogP contribution in [0.15, 0.2) is 35.4 Å². The van der Waals surface area contributed by atoms with E-state index in [0.717, 1.165) is 5.01 Å². The number of carbonyl (C=O) groups is 1. The summed E-state index contributed by atoms with van der Waals surface area (Å²) in [4.78, 5) is 12.4. The van der Waals surface area contributed by atoms with Gasteiger partial charge >= 0.3 is 0 Å². The Kier molecular flexibility index (Phi) is 4.13. The van der Waals surface area contributed by atoms with E-state index in [1.807, 2.05) is 0 Å². The van der Waals surface area contributed by atoms with Gasteiger partial charge < -0.3 is 5.11 Å². The van der Waals surface area contributed by atoms with E-state index in [9.17, 15) is 22.9 Å². The molecule has 1 aliphatic heterocycles. The van der Waals surface area contributed by atoms with Crippen LogP contribution in [0.1, 0.15) is 13.8 Å². The topological polar surface area (TPSA) is 107 Å². The van der Waals surface area contributed by atoms with Crippen LogP contribution >= 0.6 is 0 Å². The number of hydrazone groups is 1. The van der Waals surface area contributed by atoms with E-state index in [1.165, 1.54) is 13.8 Å². The maximum Gasteiger partial charge on any atom is 0.271 e. The van der Waals surface area contributed by atoms with Crippen molar-refractivity contribution in [2.75, 3.05) is 5.01 Å². The van der Waals surface area contributed by atoms with Gasteiger partial charge in [0.15, 0.2) is 0 Å². The molecule has 0 bridgehead atoms. The zero-order valence-electron chi connectivity index (χ0n) is 11.5. The van der Waals surface area contributed by atoms with Crippen LogP contribution in [0.5, 0.6) is 0 Å². The fraction of sp³-hybridized carbons (Fsp3) is 0.385. The number of para-hydroxylation sites is 1. The van der Waals surface area contributed by atoms with Crippen LogP contribution in [0.25, 0.3) is 0 Å². The average Bonchev–Trinajstić information content (AvgIpc) is 2.66. The van der Waals surface area contributed by atoms with E-state index in [2.05, 4.69) is 5.10 Å². The van der Waals surface area contributed by atoms with Gasteiger partial charge in [-0.3, -0.25) is 9.35 Å². The van der Waals surface area contributed by atoms with E-state index >= 15 is 0 Å². The van der Waals surface area contributed by atoms with Crippen molar-refractivity contribution in [2.45, 2.75) is 25.2 Å². The molecule has 0 fully saturated rings. The van der Waals surface area contributed by atoms with E-state index in [1.54, 1.807) is 30.3 Å². The largest absolute Gasteiger partial charge is 0.392 e. The minimum atomic E-state index is -4.60. The van der Waals surface area contributed by atoms with Gasteiger partial charge in [0.1, 0.15) is 11.2 Å². The van der Waals surface area contributed by atoms with Crippen LogP contribution in [-0.4, -0.2) is 41.0 Å². The number of aliphatic hydroxyl groups is 1. The van der Waals surface area contributed by atoms with E-state index in [-0.39, 0.29) is 5.71 Å². The van der Waals surface area contributed by atoms with Gasteiger partial charge in [-0.15, -0.1) is 0 Å². The Morgan fingerprint density at radius 1 is 1.29 bits per heavy atom. The number of aliphatic hydroxyl groups excluding tert-OH is 1. The van der Waals surface area contributed by atoms with Gasteiger partial charge in [0, 0.05) is 5.71 Å². The Balaban J connectivity index is 2.41. The molecule has 8 heteroatoms. The zero-order valence-corrected chi connectivity index (χ0v) is 12.4. The molecule has 0 spiro atoms. The predicted molar refractivity (Wildman–Crippen MR) is 77.5 cm³/mol. The van der Waals surface area contributed by atoms with Crippen LogP contribution in [0.3, 0.4) is 0 Å². The summed E-state index contributed by atoms with van der Waals surface area (Å²) >= 11 is 0. The number of hydrogen-bond donors (Lipinski definition) is 2. The van der Waals surface area contributed by atoms with E-state index < -0.39 is 33.3 Å². The zero-order chi connectivity index (χ0) is 15.8. The first-order chi connectivity index (χ1) is 9.73. The molecule has 1 aromatic rings. The minimum Gasteiger partial charge on any atom is -0.392 e. The lowest BCUT2D eigenvalue weighted by Crippen LogP contribution is -2.45. The summed E-state index contributed by atoms with van der Waals surface area (Å²) in [6, 6.07) is 8.52. The molecule has 0 saturated carbocycles. The summed E-state index contributed by atoms with van der Waals surface area (Å²) in [5.74, 6) is -1.80. The number of benzene rings is 1. The number of carbonyl (C=O) groups excluding carboxylic acids is 1. The van der Waals surface area contributed by atoms with Crippen LogP contribution in [0, 0.1) is 5.92 Å². The Morgan fingerprint density at radius 3 is 2.33 bits per heavy atom. The molecule has 1 unspecified atom stereocenters. The van der Waals surface area contributed by atoms with Crippen molar-refractivity contribution < 1.29 is 22.9 Å². The number of amides is 1. The lowest BCUT2D eigenvalue weighted by molar-refractivity contribution is -0.120. The second-order valence-corrected chi connectivity index (χ2v) is 6.50. The van der Waals surface area contributed by atoms with Crippen LogP contribution in [-0.2, 0) is 14.9 Å². The third-order valence-corrected chi connectivity index (χ3v) is 4.69. The maximum absolute atomic E-state index is 12.4. The molecular weight excluding hydrogens is 296 g/mol. The minimum absolute atomic E-state index is 0.229. The van der Waals surface area contributed by atoms with Gasteiger partial charge in [0.05, 0.1) is 11.8 Å². The number of anilines is 1. The van der Waals surface area contributed by atoms with Crippen molar-refractivity contribution in [1.82, 2.24) is 0 Å². The molecule has 3 atom stereocenters. The molecule has 2 rings (SSSR count). The van der Waals surface area contributed by atoms with Gasteiger partial charge in [-0.25, -0.2) is 5.01 Å². The summed E-state index contributed by atoms with van der Waals surface area (Å²) in [5, 5.41) is 13.1. The molecule has 0 saturated heterocycles. The van der Waals surface area contributed by atoms with E-state index in [0.29, 0.717) is 5.69 Å². The molecule has 114 valence electrons. The van der Waals surface area contributed by atoms with Crippen molar-refractivity contribution in [3.63, 3.8) is 0 Å². The molecule has 2 N–H and O–H groups in total. The second-order valence-electron chi connectivity index (χ2n) is 4.92. The molecule has 0 aliphatic carbocycles. The van der Waals surface area contributed by atoms with Gasteiger partial charge in [0.25, 0.3) is 16.0 Å². The fourth-order valence-electron chi connectivity index (χ4n) is 2.41. The highest BCUT2D eigenvalue weighted by molar-refractivity contribution is 7.86. The molecular formula is C13H16N2O5S. The van der Waals surface area contributed by atoms with Crippen LogP contribution < -0.4 is 5.01 Å². The molecule has 0 aromatic heterocycles. The third-order valence-electron chi connectivity index (χ3n) is 3.33. The van der Waals surface area contributed by atoms with Crippen molar-refractivity contribution in [3.05, 3.63) is 30.3 Å². The number of rotatable bonds is 4. The maximum atomic E-state index is 12.4. The smallest absolute Gasteiger partial charge is 0.271 e. The molecule has 7 nitrogen and oxygen atoms in total. The van der Waals surface area contributed by atoms with Gasteiger partial charge in [-0.2, -0.15) is 13.5 Å². The number of hydrogen-bond acceptors (Lipinski definition) is 5. The quantitative estimate of drug-likeness (QED) is 0.794. The molecule has 1 aliphatic rings. The van der Waals surface area contributed by atoms with Crippen molar-refractivity contribution in [1.29, 1.82) is 0 Å². The van der Waals surface area contributed by atoms with Crippen molar-refractivity contribution >= 4 is 27.4 Å². The SMILES string of the molecule is CC1=NN(c2ccccc2)C(=O)C1[C@H]([C@H](C)O)S(=O)(=O)O. The highest BCUT2D eigenvalue weighted by atomic mass is 32.2. The fourth-order valence-corrected chi connectivity index (χ4v) is 3.57. The third kappa shape index (κ3) is 2.97. The summed E-state index contributed by atoms with van der Waals surface area (Å²) in [6.07, 6.45) is -1.41. The first kappa shape index (κ1) is 15.6. The summed E-state index contributed by atoms with van der Waals surface area (Å²) < 4.78 is 32.2. The normalized spacial score (nSPS) is 22.1. The predicted octanol–water partition coefficient (Wildman–Crippen LogP) is 0.663. The molecule has 21 heavy (non-hydrogen) atoms. The van der Waals surface area contributed by atoms with Gasteiger partial charge in [-0.1, -0.05) is 18.2 Å². The average molecular weight is 312 g/mol. The van der Waals surface area contributed by atoms with Gasteiger partial charge in [0.2, 0.25) is 0 Å². The Morgan fingerprint density at radius 2 is 1.86 bits per heavy atom. The van der Waals surface area contributed by atoms with Crippen LogP contribution in [0.4, 0.5) is 5.69 Å². The van der Waals surface area contributed by atoms with Crippen molar-refractivity contribution in [3.8, 4) is 0 Å². The first-order valence-electron chi connectivity index (χ1n) is 6.32. The highest BCUT2D eigenvalue weighted by Gasteiger charge is 2.47. The Hall–Kier alpha value is -1.77. The molecule has 1 amide bonds. The first-order valence-corrected chi connectivity index (χ1v) is 7.82. The van der Waals surface area contributed by atoms with Gasteiger partial charge in [-0.05, 0) is 26.0 Å². The van der Waals surface area contributed by atoms with E-state index in [4.69, 9.17) is 0 Å². The van der Waals surface area contributed by atoms with Crippen LogP contribution in [0.2, 0.25) is 0 Å². The summed E-state index contributed by atoms with van der Waals surface area (Å²) in [6.45, 7) is 2.70. The molecule has 1 aromatic carbocycles. The lowest BCUT2D eigenvalue weighted by Gasteiger charge is -2.22. The lowest BCUT2D eigenvalue weighted by atomic mass is 9.97. The molecule has 1 heterocycles. The second kappa shape index (κ2) is 5.55. The standard InChI is InChI=1S/C13H16N2O5S/c1-8-11(12(9(2)16)21(18,19)20)13(17)15(14-8)10-6-4-3-5-7-10/h3-7,9,11-12,16H,1-2H3,(H,18,19,20)/t9-,11?,12-/m0/s1. The summed E-state index contributed by atoms with van der Waals surface area (Å²) in [5.41, 5.74) is 0.719. The van der Waals surface area contributed by atoms with Crippen molar-refractivity contribution in [2.24, 2.45) is 11.0 Å².